The van der Waals surface area contributed by atoms with Crippen molar-refractivity contribution in [3.63, 3.8) is 0 Å². The summed E-state index contributed by atoms with van der Waals surface area (Å²) in [7, 11) is 0. The Kier molecular flexibility index (Phi) is 7.52. The zero-order valence-electron chi connectivity index (χ0n) is 34.6. The first-order valence-corrected chi connectivity index (χ1v) is 23.6. The summed E-state index contributed by atoms with van der Waals surface area (Å²) in [4.78, 5) is 2.58. The van der Waals surface area contributed by atoms with Crippen molar-refractivity contribution in [2.24, 2.45) is 23.7 Å². The third kappa shape index (κ3) is 4.85. The number of fused-ring (bicyclic) bond motifs is 8. The minimum atomic E-state index is 0.155. The topological polar surface area (TPSA) is 3.24 Å². The summed E-state index contributed by atoms with van der Waals surface area (Å²) >= 11 is 1.89. The van der Waals surface area contributed by atoms with Crippen molar-refractivity contribution in [3.8, 4) is 33.4 Å². The molecule has 2 heteroatoms. The zero-order valence-corrected chi connectivity index (χ0v) is 35.4. The second kappa shape index (κ2) is 13.3. The third-order valence-electron chi connectivity index (χ3n) is 15.8. The van der Waals surface area contributed by atoms with E-state index in [1.165, 1.54) is 119 Å². The summed E-state index contributed by atoms with van der Waals surface area (Å²) in [5.74, 6) is 3.36. The van der Waals surface area contributed by atoms with Gasteiger partial charge in [0.05, 0.1) is 11.4 Å². The maximum absolute atomic E-state index is 2.63. The molecule has 1 spiro atoms. The molecule has 0 unspecified atom stereocenters. The number of rotatable bonds is 5. The first-order chi connectivity index (χ1) is 30.7. The second-order valence-electron chi connectivity index (χ2n) is 18.8. The molecule has 4 fully saturated rings. The van der Waals surface area contributed by atoms with E-state index in [0.717, 1.165) is 29.4 Å². The van der Waals surface area contributed by atoms with Crippen molar-refractivity contribution in [2.45, 2.75) is 37.5 Å². The lowest BCUT2D eigenvalue weighted by Crippen LogP contribution is -2.55. The number of benzene rings is 9. The Balaban J connectivity index is 0.980. The molecule has 5 aliphatic rings. The van der Waals surface area contributed by atoms with Crippen LogP contribution in [0, 0.1) is 23.7 Å². The van der Waals surface area contributed by atoms with Gasteiger partial charge >= 0.3 is 0 Å². The molecule has 296 valence electrons. The van der Waals surface area contributed by atoms with Crippen molar-refractivity contribution >= 4 is 70.1 Å². The molecule has 1 nitrogen and oxygen atoms in total. The van der Waals surface area contributed by atoms with E-state index in [9.17, 15) is 0 Å². The highest BCUT2D eigenvalue weighted by Gasteiger charge is 2.61. The molecule has 4 bridgehead atoms. The van der Waals surface area contributed by atoms with Crippen molar-refractivity contribution < 1.29 is 0 Å². The highest BCUT2D eigenvalue weighted by molar-refractivity contribution is 7.26. The van der Waals surface area contributed by atoms with E-state index in [0.29, 0.717) is 0 Å². The first kappa shape index (κ1) is 35.2. The lowest BCUT2D eigenvalue weighted by atomic mass is 9.43. The number of thiophene rings is 1. The molecule has 62 heavy (non-hydrogen) atoms. The third-order valence-corrected chi connectivity index (χ3v) is 17.0. The summed E-state index contributed by atoms with van der Waals surface area (Å²) in [5, 5.41) is 7.60. The van der Waals surface area contributed by atoms with Crippen molar-refractivity contribution in [3.05, 3.63) is 199 Å². The van der Waals surface area contributed by atoms with E-state index in [4.69, 9.17) is 0 Å². The summed E-state index contributed by atoms with van der Waals surface area (Å²) in [5.41, 5.74) is 15.1. The van der Waals surface area contributed by atoms with Crippen molar-refractivity contribution in [1.82, 2.24) is 0 Å². The monoisotopic (exact) mass is 811 g/mol. The van der Waals surface area contributed by atoms with E-state index >= 15 is 0 Å². The van der Waals surface area contributed by atoms with Crippen molar-refractivity contribution in [1.29, 1.82) is 0 Å². The van der Waals surface area contributed by atoms with Crippen LogP contribution in [0.3, 0.4) is 0 Å². The normalized spacial score (nSPS) is 21.9. The van der Waals surface area contributed by atoms with Crippen LogP contribution in [0.1, 0.15) is 43.2 Å². The van der Waals surface area contributed by atoms with Gasteiger partial charge in [-0.1, -0.05) is 152 Å². The van der Waals surface area contributed by atoms with E-state index in [-0.39, 0.29) is 5.41 Å². The Morgan fingerprint density at radius 3 is 1.73 bits per heavy atom. The fourth-order valence-electron chi connectivity index (χ4n) is 13.7. The van der Waals surface area contributed by atoms with Gasteiger partial charge in [-0.15, -0.1) is 11.3 Å². The second-order valence-corrected chi connectivity index (χ2v) is 19.9. The zero-order chi connectivity index (χ0) is 40.5. The largest absolute Gasteiger partial charge is 0.309 e. The quantitative estimate of drug-likeness (QED) is 0.157. The van der Waals surface area contributed by atoms with Gasteiger partial charge in [0.25, 0.3) is 0 Å². The molecule has 0 N–H and O–H groups in total. The molecule has 1 aromatic heterocycles. The number of nitrogens with zero attached hydrogens (tertiary/aromatic N) is 1. The van der Waals surface area contributed by atoms with Gasteiger partial charge in [0.2, 0.25) is 0 Å². The van der Waals surface area contributed by atoms with Gasteiger partial charge in [0, 0.05) is 42.0 Å². The van der Waals surface area contributed by atoms with Crippen LogP contribution in [0.25, 0.3) is 75.1 Å². The standard InChI is InChI=1S/C60H45NS/c1-2-13-40(14-3-1)57-47-16-4-6-18-49(47)59(50-19-7-5-17-48(50)57)61(54-22-12-24-56-58(54)51-20-9-11-23-55(51)62-56)44-28-25-39(26-29-44)41-27-30-46-45-15-8-10-21-52(45)60(53(46)36-41)42-32-37-31-38(34-42)35-43(60)33-37/h1-30,36-38,42-43H,31-35H2. The summed E-state index contributed by atoms with van der Waals surface area (Å²) in [6, 6.07) is 71.4. The highest BCUT2D eigenvalue weighted by Crippen LogP contribution is 2.69. The number of hydrogen-bond acceptors (Lipinski definition) is 2. The van der Waals surface area contributed by atoms with Gasteiger partial charge in [-0.25, -0.2) is 0 Å². The lowest BCUT2D eigenvalue weighted by molar-refractivity contribution is -0.0399. The Morgan fingerprint density at radius 1 is 0.419 bits per heavy atom. The molecule has 15 rings (SSSR count). The highest BCUT2D eigenvalue weighted by atomic mass is 32.1. The molecular formula is C60H45NS. The molecule has 0 saturated heterocycles. The van der Waals surface area contributed by atoms with Gasteiger partial charge in [0.15, 0.2) is 0 Å². The SMILES string of the molecule is c1ccc(-c2c3ccccc3c(N(c3ccc(-c4ccc5c(c4)C4(c6ccccc6-5)C5CC6CC(C5)CC4C6)cc3)c3cccc4sc5ccccc5c34)c3ccccc23)cc1. The molecule has 1 heterocycles. The predicted octanol–water partition coefficient (Wildman–Crippen LogP) is 16.9. The van der Waals surface area contributed by atoms with Gasteiger partial charge < -0.3 is 4.90 Å². The Morgan fingerprint density at radius 2 is 1.00 bits per heavy atom. The minimum absolute atomic E-state index is 0.155. The Labute approximate surface area is 366 Å². The van der Waals surface area contributed by atoms with Crippen LogP contribution in [-0.4, -0.2) is 0 Å². The lowest BCUT2D eigenvalue weighted by Gasteiger charge is -2.61. The number of anilines is 3. The van der Waals surface area contributed by atoms with Gasteiger partial charge in [0.1, 0.15) is 0 Å². The average molecular weight is 812 g/mol. The van der Waals surface area contributed by atoms with Gasteiger partial charge in [-0.05, 0) is 147 Å². The molecule has 0 atom stereocenters. The number of hydrogen-bond donors (Lipinski definition) is 0. The van der Waals surface area contributed by atoms with Gasteiger partial charge in [-0.2, -0.15) is 0 Å². The van der Waals surface area contributed by atoms with E-state index < -0.39 is 0 Å². The molecule has 10 aromatic rings. The van der Waals surface area contributed by atoms with E-state index in [1.54, 1.807) is 11.1 Å². The van der Waals surface area contributed by atoms with Gasteiger partial charge in [-0.3, -0.25) is 0 Å². The summed E-state index contributed by atoms with van der Waals surface area (Å²) in [6.07, 6.45) is 7.07. The van der Waals surface area contributed by atoms with E-state index in [2.05, 4.69) is 193 Å². The first-order valence-electron chi connectivity index (χ1n) is 22.8. The molecule has 5 aliphatic carbocycles. The Hall–Kier alpha value is -6.48. The maximum Gasteiger partial charge on any atom is 0.0619 e. The van der Waals surface area contributed by atoms with Crippen molar-refractivity contribution in [2.75, 3.05) is 4.90 Å². The molecule has 0 amide bonds. The Bertz CT molecular complexity index is 3340. The van der Waals surface area contributed by atoms with Crippen LogP contribution in [0.4, 0.5) is 17.1 Å². The van der Waals surface area contributed by atoms with Crippen LogP contribution in [-0.2, 0) is 5.41 Å². The predicted molar refractivity (Wildman–Crippen MR) is 263 cm³/mol. The van der Waals surface area contributed by atoms with Crippen LogP contribution >= 0.6 is 11.3 Å². The average Bonchev–Trinajstić information content (AvgIpc) is 3.85. The molecule has 4 saturated carbocycles. The summed E-state index contributed by atoms with van der Waals surface area (Å²) < 4.78 is 2.62. The minimum Gasteiger partial charge on any atom is -0.309 e. The maximum atomic E-state index is 2.63. The molecule has 9 aromatic carbocycles. The molecular weight excluding hydrogens is 767 g/mol. The fourth-order valence-corrected chi connectivity index (χ4v) is 14.9. The van der Waals surface area contributed by atoms with Crippen LogP contribution in [0.2, 0.25) is 0 Å². The molecule has 0 radical (unpaired) electrons. The smallest absolute Gasteiger partial charge is 0.0619 e. The van der Waals surface area contributed by atoms with Crippen LogP contribution in [0.15, 0.2) is 188 Å². The van der Waals surface area contributed by atoms with Crippen LogP contribution in [0.5, 0.6) is 0 Å². The fraction of sp³-hybridized carbons (Fsp3) is 0.167. The van der Waals surface area contributed by atoms with E-state index in [1.807, 2.05) is 11.3 Å². The summed E-state index contributed by atoms with van der Waals surface area (Å²) in [6.45, 7) is 0. The molecule has 0 aliphatic heterocycles. The van der Waals surface area contributed by atoms with Crippen LogP contribution < -0.4 is 4.90 Å².